The third-order valence-electron chi connectivity index (χ3n) is 11.6. The Morgan fingerprint density at radius 1 is 0.314 bits per heavy atom. The predicted octanol–water partition coefficient (Wildman–Crippen LogP) is 14.8. The molecule has 0 saturated carbocycles. The second kappa shape index (κ2) is 10.6. The number of hydrogen-bond donors (Lipinski definition) is 0. The van der Waals surface area contributed by atoms with Crippen LogP contribution in [0.4, 0.5) is 0 Å². The molecule has 0 aliphatic rings. The number of hydrogen-bond acceptors (Lipinski definition) is 0. The molecule has 0 heterocycles. The zero-order valence-electron chi connectivity index (χ0n) is 28.7. The van der Waals surface area contributed by atoms with E-state index in [0.717, 1.165) is 0 Å². The van der Waals surface area contributed by atoms with E-state index < -0.39 is 0 Å². The lowest BCUT2D eigenvalue weighted by atomic mass is 9.82. The lowest BCUT2D eigenvalue weighted by Crippen LogP contribution is -1.94. The molecule has 0 aliphatic carbocycles. The molecule has 0 unspecified atom stereocenters. The summed E-state index contributed by atoms with van der Waals surface area (Å²) in [5, 5.41) is 21.0. The third kappa shape index (κ3) is 3.96. The molecule has 11 aromatic carbocycles. The Bertz CT molecular complexity index is 3120. The number of benzene rings is 11. The van der Waals surface area contributed by atoms with Crippen LogP contribution in [0.3, 0.4) is 0 Å². The summed E-state index contributed by atoms with van der Waals surface area (Å²) in [7, 11) is 0. The van der Waals surface area contributed by atoms with Crippen LogP contribution in [0.1, 0.15) is 25.3 Å². The van der Waals surface area contributed by atoms with Crippen molar-refractivity contribution in [3.63, 3.8) is 0 Å². The highest BCUT2D eigenvalue weighted by molar-refractivity contribution is 6.31. The zero-order valence-corrected chi connectivity index (χ0v) is 28.7. The van der Waals surface area contributed by atoms with E-state index >= 15 is 0 Å². The second-order valence-corrected chi connectivity index (χ2v) is 14.5. The quantitative estimate of drug-likeness (QED) is 0.132. The maximum atomic E-state index is 2.44. The minimum atomic E-state index is 0.460. The Balaban J connectivity index is 1.25. The summed E-state index contributed by atoms with van der Waals surface area (Å²) < 4.78 is 0. The van der Waals surface area contributed by atoms with E-state index in [1.165, 1.54) is 114 Å². The summed E-state index contributed by atoms with van der Waals surface area (Å²) >= 11 is 0. The normalized spacial score (nSPS) is 12.3. The summed E-state index contributed by atoms with van der Waals surface area (Å²) in [6.07, 6.45) is 0. The van der Waals surface area contributed by atoms with Crippen LogP contribution in [0, 0.1) is 0 Å². The van der Waals surface area contributed by atoms with Crippen LogP contribution in [0.15, 0.2) is 164 Å². The van der Waals surface area contributed by atoms with Crippen LogP contribution in [0.5, 0.6) is 0 Å². The fraction of sp³-hybridized carbons (Fsp3) is 0.0588. The maximum absolute atomic E-state index is 2.44. The largest absolute Gasteiger partial charge is 0.0616 e. The van der Waals surface area contributed by atoms with Crippen molar-refractivity contribution in [1.29, 1.82) is 0 Å². The molecular weight excluding hydrogens is 613 g/mol. The smallest absolute Gasteiger partial charge is 0.00201 e. The first-order chi connectivity index (χ1) is 25.2. The lowest BCUT2D eigenvalue weighted by molar-refractivity contribution is 0.877. The molecule has 51 heavy (non-hydrogen) atoms. The summed E-state index contributed by atoms with van der Waals surface area (Å²) in [5.74, 6) is 0.460. The van der Waals surface area contributed by atoms with E-state index in [1.54, 1.807) is 0 Å². The van der Waals surface area contributed by atoms with Crippen molar-refractivity contribution in [3.05, 3.63) is 169 Å². The molecule has 238 valence electrons. The molecule has 0 atom stereocenters. The Morgan fingerprint density at radius 3 is 1.29 bits per heavy atom. The fourth-order valence-corrected chi connectivity index (χ4v) is 9.34. The van der Waals surface area contributed by atoms with Gasteiger partial charge in [-0.15, -0.1) is 0 Å². The molecule has 0 fully saturated rings. The number of rotatable bonds is 3. The van der Waals surface area contributed by atoms with Gasteiger partial charge in [0.2, 0.25) is 0 Å². The molecule has 0 N–H and O–H groups in total. The average Bonchev–Trinajstić information content (AvgIpc) is 3.19. The van der Waals surface area contributed by atoms with Crippen LogP contribution in [0.2, 0.25) is 0 Å². The van der Waals surface area contributed by atoms with Crippen LogP contribution in [0.25, 0.3) is 108 Å². The molecule has 0 spiro atoms. The molecule has 0 radical (unpaired) electrons. The molecule has 0 amide bonds. The van der Waals surface area contributed by atoms with Gasteiger partial charge in [0.15, 0.2) is 0 Å². The van der Waals surface area contributed by atoms with Gasteiger partial charge in [0.25, 0.3) is 0 Å². The van der Waals surface area contributed by atoms with Gasteiger partial charge in [-0.25, -0.2) is 0 Å². The first-order valence-electron chi connectivity index (χ1n) is 18.1. The topological polar surface area (TPSA) is 0 Å². The van der Waals surface area contributed by atoms with E-state index in [-0.39, 0.29) is 0 Å². The van der Waals surface area contributed by atoms with Crippen molar-refractivity contribution in [2.45, 2.75) is 19.8 Å². The highest BCUT2D eigenvalue weighted by atomic mass is 14.2. The Labute approximate surface area is 296 Å². The lowest BCUT2D eigenvalue weighted by Gasteiger charge is -2.21. The second-order valence-electron chi connectivity index (χ2n) is 14.5. The molecule has 11 aromatic rings. The van der Waals surface area contributed by atoms with Crippen molar-refractivity contribution in [2.24, 2.45) is 0 Å². The van der Waals surface area contributed by atoms with Crippen LogP contribution in [-0.4, -0.2) is 0 Å². The van der Waals surface area contributed by atoms with E-state index in [1.807, 2.05) is 0 Å². The Kier molecular flexibility index (Phi) is 5.96. The summed E-state index contributed by atoms with van der Waals surface area (Å²) in [6.45, 7) is 4.61. The SMILES string of the molecule is CC(C)c1ccc2ccc3c(-c4c5ccccc5c(-c5ccc6c7ccccc7c7ccccc7c6c5)c5ccccc45)ccc4ccc1c2c43. The van der Waals surface area contributed by atoms with Gasteiger partial charge in [-0.2, -0.15) is 0 Å². The highest BCUT2D eigenvalue weighted by Crippen LogP contribution is 2.48. The van der Waals surface area contributed by atoms with Crippen molar-refractivity contribution >= 4 is 86.2 Å². The van der Waals surface area contributed by atoms with E-state index in [4.69, 9.17) is 0 Å². The van der Waals surface area contributed by atoms with Crippen LogP contribution < -0.4 is 0 Å². The fourth-order valence-electron chi connectivity index (χ4n) is 9.34. The average molecular weight is 647 g/mol. The van der Waals surface area contributed by atoms with Gasteiger partial charge in [-0.1, -0.05) is 172 Å². The third-order valence-corrected chi connectivity index (χ3v) is 11.6. The molecular formula is C51H34. The van der Waals surface area contributed by atoms with Crippen molar-refractivity contribution in [2.75, 3.05) is 0 Å². The number of fused-ring (bicyclic) bond motifs is 8. The van der Waals surface area contributed by atoms with Gasteiger partial charge in [0.1, 0.15) is 0 Å². The molecule has 0 nitrogen and oxygen atoms in total. The highest BCUT2D eigenvalue weighted by Gasteiger charge is 2.21. The molecule has 0 bridgehead atoms. The van der Waals surface area contributed by atoms with E-state index in [9.17, 15) is 0 Å². The van der Waals surface area contributed by atoms with E-state index in [0.29, 0.717) is 5.92 Å². The summed E-state index contributed by atoms with van der Waals surface area (Å²) in [6, 6.07) is 61.7. The van der Waals surface area contributed by atoms with Crippen molar-refractivity contribution < 1.29 is 0 Å². The van der Waals surface area contributed by atoms with Gasteiger partial charge in [0, 0.05) is 0 Å². The van der Waals surface area contributed by atoms with Gasteiger partial charge in [-0.3, -0.25) is 0 Å². The van der Waals surface area contributed by atoms with Gasteiger partial charge < -0.3 is 0 Å². The first kappa shape index (κ1) is 28.6. The standard InChI is InChI=1S/C51H34/c1-30(2)34-24-19-31-21-27-45-46(28-22-32-20-26-44(34)49(31)50(32)45)51-42-17-9-7-15-40(42)48(41-16-8-10-18-43(41)51)33-23-25-39-37-13-4-3-11-35(37)36-12-5-6-14-38(36)47(39)29-33/h3-30H,1-2H3. The van der Waals surface area contributed by atoms with Gasteiger partial charge in [-0.05, 0) is 126 Å². The molecule has 11 rings (SSSR count). The van der Waals surface area contributed by atoms with Crippen LogP contribution in [-0.2, 0) is 0 Å². The minimum Gasteiger partial charge on any atom is -0.0616 e. The van der Waals surface area contributed by atoms with Crippen molar-refractivity contribution in [1.82, 2.24) is 0 Å². The van der Waals surface area contributed by atoms with Crippen molar-refractivity contribution in [3.8, 4) is 22.3 Å². The van der Waals surface area contributed by atoms with Gasteiger partial charge >= 0.3 is 0 Å². The summed E-state index contributed by atoms with van der Waals surface area (Å²) in [5.41, 5.74) is 6.56. The Hall–Kier alpha value is -6.24. The molecule has 0 aliphatic heterocycles. The first-order valence-corrected chi connectivity index (χ1v) is 18.1. The zero-order chi connectivity index (χ0) is 33.8. The monoisotopic (exact) mass is 646 g/mol. The molecule has 0 aromatic heterocycles. The maximum Gasteiger partial charge on any atom is -0.00201 e. The minimum absolute atomic E-state index is 0.460. The van der Waals surface area contributed by atoms with Crippen LogP contribution >= 0.6 is 0 Å². The Morgan fingerprint density at radius 2 is 0.725 bits per heavy atom. The molecule has 0 saturated heterocycles. The van der Waals surface area contributed by atoms with Gasteiger partial charge in [0.05, 0.1) is 0 Å². The summed E-state index contributed by atoms with van der Waals surface area (Å²) in [4.78, 5) is 0. The predicted molar refractivity (Wildman–Crippen MR) is 223 cm³/mol. The van der Waals surface area contributed by atoms with E-state index in [2.05, 4.69) is 178 Å². The molecule has 0 heteroatoms.